The third-order valence-corrected chi connectivity index (χ3v) is 5.59. The predicted molar refractivity (Wildman–Crippen MR) is 83.7 cm³/mol. The fourth-order valence-corrected chi connectivity index (χ4v) is 4.42. The zero-order valence-electron chi connectivity index (χ0n) is 11.8. The van der Waals surface area contributed by atoms with Crippen LogP contribution in [-0.2, 0) is 6.42 Å². The summed E-state index contributed by atoms with van der Waals surface area (Å²) in [6, 6.07) is 15.4. The Morgan fingerprint density at radius 3 is 2.85 bits per heavy atom. The van der Waals surface area contributed by atoms with Gasteiger partial charge >= 0.3 is 0 Å². The van der Waals surface area contributed by atoms with Gasteiger partial charge < -0.3 is 4.74 Å². The van der Waals surface area contributed by atoms with Gasteiger partial charge in [0.25, 0.3) is 0 Å². The highest BCUT2D eigenvalue weighted by molar-refractivity contribution is 8.00. The van der Waals surface area contributed by atoms with E-state index in [1.807, 2.05) is 11.8 Å². The molecule has 0 spiro atoms. The van der Waals surface area contributed by atoms with E-state index in [1.165, 1.54) is 21.6 Å². The van der Waals surface area contributed by atoms with Crippen molar-refractivity contribution < 1.29 is 4.74 Å². The first kappa shape index (κ1) is 12.3. The first-order chi connectivity index (χ1) is 9.72. The van der Waals surface area contributed by atoms with Gasteiger partial charge in [-0.15, -0.1) is 11.8 Å². The van der Waals surface area contributed by atoms with E-state index in [9.17, 15) is 0 Å². The summed E-state index contributed by atoms with van der Waals surface area (Å²) in [6.07, 6.45) is 1.35. The lowest BCUT2D eigenvalue weighted by Crippen LogP contribution is -2.20. The molecule has 2 aromatic rings. The molecule has 2 atom stereocenters. The smallest absolute Gasteiger partial charge is 0.137 e. The molecular formula is C18H18OS. The van der Waals surface area contributed by atoms with Gasteiger partial charge in [0.15, 0.2) is 0 Å². The van der Waals surface area contributed by atoms with Crippen LogP contribution in [0.1, 0.15) is 42.6 Å². The first-order valence-electron chi connectivity index (χ1n) is 7.27. The number of benzene rings is 2. The van der Waals surface area contributed by atoms with E-state index >= 15 is 0 Å². The zero-order valence-corrected chi connectivity index (χ0v) is 12.6. The second-order valence-corrected chi connectivity index (χ2v) is 7.24. The van der Waals surface area contributed by atoms with Crippen LogP contribution in [0.5, 0.6) is 5.75 Å². The Bertz CT molecular complexity index is 662. The van der Waals surface area contributed by atoms with Gasteiger partial charge in [-0.1, -0.05) is 44.2 Å². The normalized spacial score (nSPS) is 22.9. The lowest BCUT2D eigenvalue weighted by molar-refractivity contribution is 0.201. The molecule has 2 aliphatic rings. The average Bonchev–Trinajstić information content (AvgIpc) is 2.81. The summed E-state index contributed by atoms with van der Waals surface area (Å²) in [5.74, 6) is 1.61. The van der Waals surface area contributed by atoms with E-state index in [2.05, 4.69) is 56.3 Å². The van der Waals surface area contributed by atoms with E-state index in [0.29, 0.717) is 11.2 Å². The van der Waals surface area contributed by atoms with Crippen molar-refractivity contribution in [3.63, 3.8) is 0 Å². The number of hydrogen-bond acceptors (Lipinski definition) is 2. The third kappa shape index (κ3) is 1.86. The molecule has 0 fully saturated rings. The van der Waals surface area contributed by atoms with Crippen molar-refractivity contribution in [2.24, 2.45) is 0 Å². The maximum atomic E-state index is 6.35. The van der Waals surface area contributed by atoms with Crippen molar-refractivity contribution in [3.05, 3.63) is 59.2 Å². The van der Waals surface area contributed by atoms with Gasteiger partial charge in [-0.3, -0.25) is 0 Å². The maximum absolute atomic E-state index is 6.35. The molecule has 0 unspecified atom stereocenters. The van der Waals surface area contributed by atoms with Gasteiger partial charge in [0.2, 0.25) is 0 Å². The van der Waals surface area contributed by atoms with E-state index in [-0.39, 0.29) is 6.10 Å². The van der Waals surface area contributed by atoms with E-state index in [4.69, 9.17) is 4.74 Å². The molecule has 1 nitrogen and oxygen atoms in total. The monoisotopic (exact) mass is 282 g/mol. The second-order valence-electron chi connectivity index (χ2n) is 5.96. The summed E-state index contributed by atoms with van der Waals surface area (Å²) in [7, 11) is 0. The summed E-state index contributed by atoms with van der Waals surface area (Å²) < 4.78 is 6.35. The lowest BCUT2D eigenvalue weighted by atomic mass is 10.0. The largest absolute Gasteiger partial charge is 0.483 e. The molecule has 0 bridgehead atoms. The van der Waals surface area contributed by atoms with E-state index in [0.717, 1.165) is 12.2 Å². The minimum Gasteiger partial charge on any atom is -0.483 e. The minimum atomic E-state index is 0.228. The van der Waals surface area contributed by atoms with Gasteiger partial charge in [-0.2, -0.15) is 0 Å². The van der Waals surface area contributed by atoms with Crippen LogP contribution in [0.15, 0.2) is 47.4 Å². The minimum absolute atomic E-state index is 0.228. The summed E-state index contributed by atoms with van der Waals surface area (Å²) in [4.78, 5) is 1.29. The lowest BCUT2D eigenvalue weighted by Gasteiger charge is -2.29. The van der Waals surface area contributed by atoms with Gasteiger partial charge in [0.05, 0.1) is 5.25 Å². The van der Waals surface area contributed by atoms with Gasteiger partial charge in [0.1, 0.15) is 11.9 Å². The third-order valence-electron chi connectivity index (χ3n) is 4.29. The quantitative estimate of drug-likeness (QED) is 0.731. The van der Waals surface area contributed by atoms with Crippen LogP contribution in [0.3, 0.4) is 0 Å². The molecule has 0 radical (unpaired) electrons. The summed E-state index contributed by atoms with van der Waals surface area (Å²) >= 11 is 1.98. The molecular weight excluding hydrogens is 264 g/mol. The zero-order chi connectivity index (χ0) is 13.7. The van der Waals surface area contributed by atoms with Crippen LogP contribution in [-0.4, -0.2) is 5.25 Å². The molecule has 0 N–H and O–H groups in total. The van der Waals surface area contributed by atoms with Gasteiger partial charge in [-0.25, -0.2) is 0 Å². The fourth-order valence-electron chi connectivity index (χ4n) is 3.14. The number of ether oxygens (including phenoxy) is 1. The SMILES string of the molecule is CC(C)c1ccc2c(c1)O[C@@H]1c3ccccc3C[C@@H]1S2. The average molecular weight is 282 g/mol. The molecule has 2 heteroatoms. The van der Waals surface area contributed by atoms with Crippen molar-refractivity contribution >= 4 is 11.8 Å². The Balaban J connectivity index is 1.73. The molecule has 0 saturated carbocycles. The van der Waals surface area contributed by atoms with Crippen LogP contribution >= 0.6 is 11.8 Å². The highest BCUT2D eigenvalue weighted by Crippen LogP contribution is 2.51. The van der Waals surface area contributed by atoms with Crippen LogP contribution in [0.4, 0.5) is 0 Å². The van der Waals surface area contributed by atoms with Crippen LogP contribution < -0.4 is 4.74 Å². The van der Waals surface area contributed by atoms with E-state index < -0.39 is 0 Å². The molecule has 1 heterocycles. The Kier molecular flexibility index (Phi) is 2.81. The fraction of sp³-hybridized carbons (Fsp3) is 0.333. The van der Waals surface area contributed by atoms with Crippen LogP contribution in [0.2, 0.25) is 0 Å². The Morgan fingerprint density at radius 2 is 2.00 bits per heavy atom. The van der Waals surface area contributed by atoms with Gasteiger partial charge in [-0.05, 0) is 41.2 Å². The number of rotatable bonds is 1. The van der Waals surface area contributed by atoms with Crippen molar-refractivity contribution in [1.29, 1.82) is 0 Å². The maximum Gasteiger partial charge on any atom is 0.137 e. The molecule has 0 amide bonds. The molecule has 4 rings (SSSR count). The standard InChI is InChI=1S/C18H18OS/c1-11(2)12-7-8-16-15(9-12)19-18-14-6-4-3-5-13(14)10-17(18)20-16/h3-9,11,17-18H,10H2,1-2H3/t17-,18+/m0/s1. The Hall–Kier alpha value is -1.41. The molecule has 2 aromatic carbocycles. The number of fused-ring (bicyclic) bond motifs is 4. The summed E-state index contributed by atoms with van der Waals surface area (Å²) in [5, 5.41) is 0.532. The van der Waals surface area contributed by atoms with Crippen LogP contribution in [0.25, 0.3) is 0 Å². The predicted octanol–water partition coefficient (Wildman–Crippen LogP) is 4.96. The van der Waals surface area contributed by atoms with Crippen molar-refractivity contribution in [1.82, 2.24) is 0 Å². The molecule has 1 aliphatic carbocycles. The van der Waals surface area contributed by atoms with Gasteiger partial charge in [0, 0.05) is 4.90 Å². The number of hydrogen-bond donors (Lipinski definition) is 0. The highest BCUT2D eigenvalue weighted by atomic mass is 32.2. The molecule has 20 heavy (non-hydrogen) atoms. The number of thioether (sulfide) groups is 1. The molecule has 0 saturated heterocycles. The van der Waals surface area contributed by atoms with Crippen molar-refractivity contribution in [2.45, 2.75) is 42.4 Å². The topological polar surface area (TPSA) is 9.23 Å². The van der Waals surface area contributed by atoms with Crippen molar-refractivity contribution in [3.8, 4) is 5.75 Å². The van der Waals surface area contributed by atoms with E-state index in [1.54, 1.807) is 0 Å². The highest BCUT2D eigenvalue weighted by Gasteiger charge is 2.38. The summed E-state index contributed by atoms with van der Waals surface area (Å²) in [6.45, 7) is 4.46. The molecule has 0 aromatic heterocycles. The van der Waals surface area contributed by atoms with Crippen LogP contribution in [0, 0.1) is 0 Å². The molecule has 1 aliphatic heterocycles. The Labute approximate surface area is 124 Å². The van der Waals surface area contributed by atoms with Crippen molar-refractivity contribution in [2.75, 3.05) is 0 Å². The molecule has 102 valence electrons. The first-order valence-corrected chi connectivity index (χ1v) is 8.15. The Morgan fingerprint density at radius 1 is 1.15 bits per heavy atom. The second kappa shape index (κ2) is 4.56. The summed E-state index contributed by atoms with van der Waals surface area (Å²) in [5.41, 5.74) is 4.19.